The average Bonchev–Trinajstić information content (AvgIpc) is 3.17. The lowest BCUT2D eigenvalue weighted by Crippen LogP contribution is -2.47. The quantitative estimate of drug-likeness (QED) is 0.668. The number of nitrogens with zero attached hydrogens (tertiary/aromatic N) is 8. The van der Waals surface area contributed by atoms with Gasteiger partial charge in [0, 0.05) is 50.5 Å². The number of aromatic nitrogens is 6. The standard InChI is InChI=1S/C20H27N9O/c1-20(2,3)18(30)21-7-8-29-17-15(13-26-29)16(24-14-25-17)27-9-11-28(12-10-27)19-22-5-4-6-23-19/h4-6,13-14H,7-12H2,1-3H3,(H,21,30). The molecule has 3 aromatic rings. The second-order valence-electron chi connectivity index (χ2n) is 8.33. The number of carbonyl (C=O) groups is 1. The summed E-state index contributed by atoms with van der Waals surface area (Å²) >= 11 is 0. The monoisotopic (exact) mass is 409 g/mol. The van der Waals surface area contributed by atoms with Crippen molar-refractivity contribution in [2.24, 2.45) is 5.41 Å². The molecule has 3 aromatic heterocycles. The Labute approximate surface area is 175 Å². The van der Waals surface area contributed by atoms with Gasteiger partial charge in [0.25, 0.3) is 0 Å². The zero-order valence-corrected chi connectivity index (χ0v) is 17.6. The lowest BCUT2D eigenvalue weighted by Gasteiger charge is -2.35. The minimum atomic E-state index is -0.408. The molecule has 1 saturated heterocycles. The summed E-state index contributed by atoms with van der Waals surface area (Å²) < 4.78 is 1.82. The molecule has 30 heavy (non-hydrogen) atoms. The van der Waals surface area contributed by atoms with E-state index in [1.54, 1.807) is 18.7 Å². The van der Waals surface area contributed by atoms with Gasteiger partial charge in [0.2, 0.25) is 11.9 Å². The number of amides is 1. The average molecular weight is 409 g/mol. The van der Waals surface area contributed by atoms with Crippen LogP contribution in [0.4, 0.5) is 11.8 Å². The fraction of sp³-hybridized carbons (Fsp3) is 0.500. The first-order chi connectivity index (χ1) is 14.4. The Bertz CT molecular complexity index is 1000. The number of fused-ring (bicyclic) bond motifs is 1. The van der Waals surface area contributed by atoms with Crippen LogP contribution in [0.5, 0.6) is 0 Å². The number of hydrogen-bond acceptors (Lipinski definition) is 8. The van der Waals surface area contributed by atoms with Gasteiger partial charge in [-0.05, 0) is 6.07 Å². The lowest BCUT2D eigenvalue weighted by molar-refractivity contribution is -0.128. The summed E-state index contributed by atoms with van der Waals surface area (Å²) in [5.74, 6) is 1.67. The van der Waals surface area contributed by atoms with Crippen LogP contribution in [0, 0.1) is 5.41 Å². The molecule has 1 aliphatic heterocycles. The van der Waals surface area contributed by atoms with Crippen molar-refractivity contribution in [2.45, 2.75) is 27.3 Å². The predicted molar refractivity (Wildman–Crippen MR) is 114 cm³/mol. The van der Waals surface area contributed by atoms with Crippen LogP contribution in [0.25, 0.3) is 11.0 Å². The van der Waals surface area contributed by atoms with Crippen molar-refractivity contribution in [3.8, 4) is 0 Å². The molecule has 0 saturated carbocycles. The van der Waals surface area contributed by atoms with Crippen LogP contribution < -0.4 is 15.1 Å². The molecule has 0 spiro atoms. The van der Waals surface area contributed by atoms with E-state index in [2.05, 4.69) is 40.2 Å². The fourth-order valence-corrected chi connectivity index (χ4v) is 3.41. The molecular formula is C20H27N9O. The van der Waals surface area contributed by atoms with Crippen LogP contribution >= 0.6 is 0 Å². The smallest absolute Gasteiger partial charge is 0.225 e. The van der Waals surface area contributed by atoms with E-state index >= 15 is 0 Å². The Morgan fingerprint density at radius 3 is 2.43 bits per heavy atom. The van der Waals surface area contributed by atoms with E-state index in [9.17, 15) is 4.79 Å². The Balaban J connectivity index is 1.43. The first-order valence-corrected chi connectivity index (χ1v) is 10.2. The van der Waals surface area contributed by atoms with Crippen molar-refractivity contribution in [1.29, 1.82) is 0 Å². The van der Waals surface area contributed by atoms with Crippen molar-refractivity contribution in [3.63, 3.8) is 0 Å². The third-order valence-electron chi connectivity index (χ3n) is 5.12. The Hall–Kier alpha value is -3.30. The molecule has 10 nitrogen and oxygen atoms in total. The zero-order chi connectivity index (χ0) is 21.1. The molecule has 1 aliphatic rings. The number of hydrogen-bond donors (Lipinski definition) is 1. The summed E-state index contributed by atoms with van der Waals surface area (Å²) in [6, 6.07) is 1.82. The Morgan fingerprint density at radius 1 is 1.03 bits per heavy atom. The zero-order valence-electron chi connectivity index (χ0n) is 17.6. The van der Waals surface area contributed by atoms with Gasteiger partial charge in [0.15, 0.2) is 5.65 Å². The van der Waals surface area contributed by atoms with Crippen LogP contribution in [0.2, 0.25) is 0 Å². The number of anilines is 2. The van der Waals surface area contributed by atoms with Crippen LogP contribution in [-0.4, -0.2) is 68.3 Å². The van der Waals surface area contributed by atoms with Gasteiger partial charge < -0.3 is 15.1 Å². The molecule has 1 amide bonds. The molecule has 0 unspecified atom stereocenters. The van der Waals surface area contributed by atoms with E-state index in [0.717, 1.165) is 49.0 Å². The van der Waals surface area contributed by atoms with Crippen LogP contribution in [-0.2, 0) is 11.3 Å². The number of piperazine rings is 1. The molecule has 158 valence electrons. The summed E-state index contributed by atoms with van der Waals surface area (Å²) in [7, 11) is 0. The predicted octanol–water partition coefficient (Wildman–Crippen LogP) is 1.11. The van der Waals surface area contributed by atoms with Crippen molar-refractivity contribution < 1.29 is 4.79 Å². The number of carbonyl (C=O) groups excluding carboxylic acids is 1. The summed E-state index contributed by atoms with van der Waals surface area (Å²) in [6.45, 7) is 10.0. The Kier molecular flexibility index (Phi) is 5.47. The molecular weight excluding hydrogens is 382 g/mol. The second-order valence-corrected chi connectivity index (χ2v) is 8.33. The third kappa shape index (κ3) is 4.17. The van der Waals surface area contributed by atoms with E-state index in [0.29, 0.717) is 13.1 Å². The van der Waals surface area contributed by atoms with E-state index in [1.165, 1.54) is 0 Å². The highest BCUT2D eigenvalue weighted by Gasteiger charge is 2.23. The SMILES string of the molecule is CC(C)(C)C(=O)NCCn1ncc2c(N3CCN(c4ncccn4)CC3)ncnc21. The maximum Gasteiger partial charge on any atom is 0.225 e. The van der Waals surface area contributed by atoms with Crippen molar-refractivity contribution in [3.05, 3.63) is 31.0 Å². The van der Waals surface area contributed by atoms with Gasteiger partial charge in [-0.2, -0.15) is 5.10 Å². The summed E-state index contributed by atoms with van der Waals surface area (Å²) in [6.07, 6.45) is 6.92. The molecule has 0 aliphatic carbocycles. The van der Waals surface area contributed by atoms with E-state index < -0.39 is 5.41 Å². The van der Waals surface area contributed by atoms with Gasteiger partial charge in [-0.1, -0.05) is 20.8 Å². The summed E-state index contributed by atoms with van der Waals surface area (Å²) in [5, 5.41) is 8.35. The van der Waals surface area contributed by atoms with Crippen LogP contribution in [0.1, 0.15) is 20.8 Å². The summed E-state index contributed by atoms with van der Waals surface area (Å²) in [4.78, 5) is 34.1. The number of nitrogens with one attached hydrogen (secondary N) is 1. The third-order valence-corrected chi connectivity index (χ3v) is 5.12. The van der Waals surface area contributed by atoms with E-state index in [-0.39, 0.29) is 5.91 Å². The van der Waals surface area contributed by atoms with E-state index in [1.807, 2.05) is 37.7 Å². The summed E-state index contributed by atoms with van der Waals surface area (Å²) in [5.41, 5.74) is 0.368. The number of rotatable bonds is 5. The van der Waals surface area contributed by atoms with Crippen LogP contribution in [0.3, 0.4) is 0 Å². The van der Waals surface area contributed by atoms with Gasteiger partial charge in [-0.15, -0.1) is 0 Å². The molecule has 0 atom stereocenters. The maximum absolute atomic E-state index is 12.1. The molecule has 4 rings (SSSR count). The minimum absolute atomic E-state index is 0.0227. The largest absolute Gasteiger partial charge is 0.354 e. The first kappa shape index (κ1) is 20.0. The fourth-order valence-electron chi connectivity index (χ4n) is 3.41. The highest BCUT2D eigenvalue weighted by atomic mass is 16.2. The normalized spacial score (nSPS) is 14.9. The van der Waals surface area contributed by atoms with Gasteiger partial charge in [0.1, 0.15) is 12.1 Å². The lowest BCUT2D eigenvalue weighted by atomic mass is 9.96. The molecule has 0 bridgehead atoms. The highest BCUT2D eigenvalue weighted by molar-refractivity contribution is 5.86. The Morgan fingerprint density at radius 2 is 1.73 bits per heavy atom. The van der Waals surface area contributed by atoms with Gasteiger partial charge >= 0.3 is 0 Å². The molecule has 0 radical (unpaired) electrons. The van der Waals surface area contributed by atoms with Crippen LogP contribution in [0.15, 0.2) is 31.0 Å². The molecule has 1 fully saturated rings. The van der Waals surface area contributed by atoms with Gasteiger partial charge in [-0.3, -0.25) is 4.79 Å². The molecule has 1 N–H and O–H groups in total. The first-order valence-electron chi connectivity index (χ1n) is 10.2. The van der Waals surface area contributed by atoms with Crippen molar-refractivity contribution in [1.82, 2.24) is 35.0 Å². The molecule has 10 heteroatoms. The van der Waals surface area contributed by atoms with Crippen molar-refractivity contribution in [2.75, 3.05) is 42.5 Å². The molecule has 4 heterocycles. The van der Waals surface area contributed by atoms with E-state index in [4.69, 9.17) is 0 Å². The van der Waals surface area contributed by atoms with Gasteiger partial charge in [0.05, 0.1) is 18.1 Å². The maximum atomic E-state index is 12.1. The minimum Gasteiger partial charge on any atom is -0.354 e. The van der Waals surface area contributed by atoms with Crippen molar-refractivity contribution >= 4 is 28.7 Å². The second kappa shape index (κ2) is 8.21. The highest BCUT2D eigenvalue weighted by Crippen LogP contribution is 2.24. The molecule has 0 aromatic carbocycles. The topological polar surface area (TPSA) is 105 Å². The van der Waals surface area contributed by atoms with Gasteiger partial charge in [-0.25, -0.2) is 24.6 Å².